The highest BCUT2D eigenvalue weighted by atomic mass is 32.1. The Morgan fingerprint density at radius 3 is 2.71 bits per heavy atom. The summed E-state index contributed by atoms with van der Waals surface area (Å²) >= 11 is 1.78. The molecule has 1 fully saturated rings. The number of fused-ring (bicyclic) bond motifs is 1. The van der Waals surface area contributed by atoms with Gasteiger partial charge < -0.3 is 10.6 Å². The second kappa shape index (κ2) is 6.60. The molecule has 2 N–H and O–H groups in total. The molecule has 0 saturated heterocycles. The van der Waals surface area contributed by atoms with Crippen LogP contribution in [0.15, 0.2) is 6.07 Å². The van der Waals surface area contributed by atoms with Crippen molar-refractivity contribution in [1.29, 1.82) is 0 Å². The fourth-order valence-electron chi connectivity index (χ4n) is 2.97. The van der Waals surface area contributed by atoms with Gasteiger partial charge >= 0.3 is 0 Å². The Morgan fingerprint density at radius 2 is 2.00 bits per heavy atom. The summed E-state index contributed by atoms with van der Waals surface area (Å²) in [6, 6.07) is 2.24. The van der Waals surface area contributed by atoms with Crippen LogP contribution < -0.4 is 10.6 Å². The SMILES string of the molecule is CCNc1nc(NCC2CCCC2)c2cc(CC)sc2n1. The van der Waals surface area contributed by atoms with Crippen LogP contribution in [0.2, 0.25) is 0 Å². The Morgan fingerprint density at radius 1 is 1.19 bits per heavy atom. The second-order valence-corrected chi connectivity index (χ2v) is 6.86. The first-order valence-corrected chi connectivity index (χ1v) is 8.90. The van der Waals surface area contributed by atoms with E-state index in [1.54, 1.807) is 11.3 Å². The standard InChI is InChI=1S/C16H24N4S/c1-3-12-9-13-14(18-10-11-7-5-6-8-11)19-16(17-4-2)20-15(13)21-12/h9,11H,3-8,10H2,1-2H3,(H2,17,18,19,20). The summed E-state index contributed by atoms with van der Waals surface area (Å²) in [5.41, 5.74) is 0. The first kappa shape index (κ1) is 14.6. The van der Waals surface area contributed by atoms with Gasteiger partial charge in [0.1, 0.15) is 10.6 Å². The van der Waals surface area contributed by atoms with Crippen molar-refractivity contribution in [2.24, 2.45) is 5.92 Å². The lowest BCUT2D eigenvalue weighted by Crippen LogP contribution is -2.13. The summed E-state index contributed by atoms with van der Waals surface area (Å²) in [6.07, 6.45) is 6.52. The van der Waals surface area contributed by atoms with Gasteiger partial charge in [0.15, 0.2) is 0 Å². The molecule has 2 heterocycles. The average molecular weight is 304 g/mol. The molecule has 0 spiro atoms. The number of thiophene rings is 1. The van der Waals surface area contributed by atoms with Gasteiger partial charge in [-0.25, -0.2) is 4.98 Å². The van der Waals surface area contributed by atoms with Gasteiger partial charge in [-0.05, 0) is 38.2 Å². The third kappa shape index (κ3) is 3.28. The second-order valence-electron chi connectivity index (χ2n) is 5.74. The zero-order valence-electron chi connectivity index (χ0n) is 12.9. The number of hydrogen-bond donors (Lipinski definition) is 2. The quantitative estimate of drug-likeness (QED) is 0.836. The highest BCUT2D eigenvalue weighted by Gasteiger charge is 2.16. The molecule has 0 aromatic carbocycles. The molecule has 3 rings (SSSR count). The largest absolute Gasteiger partial charge is 0.369 e. The van der Waals surface area contributed by atoms with Gasteiger partial charge in [-0.15, -0.1) is 11.3 Å². The average Bonchev–Trinajstić information content (AvgIpc) is 3.14. The predicted molar refractivity (Wildman–Crippen MR) is 91.4 cm³/mol. The maximum absolute atomic E-state index is 4.67. The van der Waals surface area contributed by atoms with Gasteiger partial charge in [0.05, 0.1) is 5.39 Å². The molecule has 1 aliphatic carbocycles. The summed E-state index contributed by atoms with van der Waals surface area (Å²) in [5.74, 6) is 2.55. The van der Waals surface area contributed by atoms with Crippen LogP contribution in [0.5, 0.6) is 0 Å². The molecule has 114 valence electrons. The predicted octanol–water partition coefficient (Wildman–Crippen LogP) is 4.29. The molecule has 2 aromatic rings. The summed E-state index contributed by atoms with van der Waals surface area (Å²) in [7, 11) is 0. The van der Waals surface area contributed by atoms with Crippen LogP contribution >= 0.6 is 11.3 Å². The van der Waals surface area contributed by atoms with E-state index < -0.39 is 0 Å². The van der Waals surface area contributed by atoms with Crippen LogP contribution in [-0.2, 0) is 6.42 Å². The van der Waals surface area contributed by atoms with E-state index in [4.69, 9.17) is 0 Å². The minimum Gasteiger partial charge on any atom is -0.369 e. The van der Waals surface area contributed by atoms with E-state index in [2.05, 4.69) is 40.5 Å². The number of aromatic nitrogens is 2. The molecule has 1 aliphatic rings. The van der Waals surface area contributed by atoms with Gasteiger partial charge in [0, 0.05) is 18.0 Å². The third-order valence-electron chi connectivity index (χ3n) is 4.16. The number of rotatable bonds is 6. The molecule has 0 unspecified atom stereocenters. The van der Waals surface area contributed by atoms with Gasteiger partial charge in [-0.2, -0.15) is 4.98 Å². The molecule has 0 radical (unpaired) electrons. The van der Waals surface area contributed by atoms with Crippen LogP contribution in [0.1, 0.15) is 44.4 Å². The Bertz CT molecular complexity index is 602. The van der Waals surface area contributed by atoms with E-state index in [1.165, 1.54) is 35.9 Å². The van der Waals surface area contributed by atoms with E-state index in [0.717, 1.165) is 42.0 Å². The minimum absolute atomic E-state index is 0.739. The smallest absolute Gasteiger partial charge is 0.226 e. The highest BCUT2D eigenvalue weighted by Crippen LogP contribution is 2.31. The molecule has 2 aromatic heterocycles. The topological polar surface area (TPSA) is 49.8 Å². The fourth-order valence-corrected chi connectivity index (χ4v) is 3.94. The van der Waals surface area contributed by atoms with Crippen molar-refractivity contribution in [2.45, 2.75) is 46.0 Å². The Hall–Kier alpha value is -1.36. The number of nitrogens with one attached hydrogen (secondary N) is 2. The third-order valence-corrected chi connectivity index (χ3v) is 5.33. The maximum Gasteiger partial charge on any atom is 0.226 e. The molecule has 21 heavy (non-hydrogen) atoms. The van der Waals surface area contributed by atoms with E-state index in [0.29, 0.717) is 0 Å². The van der Waals surface area contributed by atoms with E-state index in [-0.39, 0.29) is 0 Å². The number of aryl methyl sites for hydroxylation is 1. The highest BCUT2D eigenvalue weighted by molar-refractivity contribution is 7.18. The van der Waals surface area contributed by atoms with E-state index in [1.807, 2.05) is 0 Å². The molecule has 0 aliphatic heterocycles. The van der Waals surface area contributed by atoms with E-state index in [9.17, 15) is 0 Å². The van der Waals surface area contributed by atoms with Gasteiger partial charge in [-0.3, -0.25) is 0 Å². The lowest BCUT2D eigenvalue weighted by atomic mass is 10.1. The molecule has 0 amide bonds. The van der Waals surface area contributed by atoms with Crippen molar-refractivity contribution in [3.63, 3.8) is 0 Å². The lowest BCUT2D eigenvalue weighted by Gasteiger charge is -2.13. The van der Waals surface area contributed by atoms with Gasteiger partial charge in [0.2, 0.25) is 5.95 Å². The van der Waals surface area contributed by atoms with Crippen LogP contribution in [0.25, 0.3) is 10.2 Å². The van der Waals surface area contributed by atoms with Crippen LogP contribution in [0.3, 0.4) is 0 Å². The number of nitrogens with zero attached hydrogens (tertiary/aromatic N) is 2. The Labute approximate surface area is 130 Å². The van der Waals surface area contributed by atoms with Crippen molar-refractivity contribution in [3.05, 3.63) is 10.9 Å². The van der Waals surface area contributed by atoms with Crippen molar-refractivity contribution < 1.29 is 0 Å². The number of hydrogen-bond acceptors (Lipinski definition) is 5. The van der Waals surface area contributed by atoms with Crippen molar-refractivity contribution in [3.8, 4) is 0 Å². The van der Waals surface area contributed by atoms with E-state index >= 15 is 0 Å². The summed E-state index contributed by atoms with van der Waals surface area (Å²) in [5, 5.41) is 8.00. The first-order valence-electron chi connectivity index (χ1n) is 8.08. The number of anilines is 2. The summed E-state index contributed by atoms with van der Waals surface area (Å²) in [4.78, 5) is 11.8. The van der Waals surface area contributed by atoms with Crippen LogP contribution in [-0.4, -0.2) is 23.1 Å². The first-order chi connectivity index (χ1) is 10.3. The zero-order chi connectivity index (χ0) is 14.7. The lowest BCUT2D eigenvalue weighted by molar-refractivity contribution is 0.579. The fraction of sp³-hybridized carbons (Fsp3) is 0.625. The van der Waals surface area contributed by atoms with Gasteiger partial charge in [-0.1, -0.05) is 19.8 Å². The molecule has 5 heteroatoms. The molecular formula is C16H24N4S. The summed E-state index contributed by atoms with van der Waals surface area (Å²) in [6.45, 7) is 6.15. The van der Waals surface area contributed by atoms with Crippen molar-refractivity contribution in [2.75, 3.05) is 23.7 Å². The minimum atomic E-state index is 0.739. The van der Waals surface area contributed by atoms with Crippen molar-refractivity contribution >= 4 is 33.3 Å². The molecule has 1 saturated carbocycles. The molecule has 4 nitrogen and oxygen atoms in total. The Balaban J connectivity index is 1.87. The molecule has 0 atom stereocenters. The molecular weight excluding hydrogens is 280 g/mol. The summed E-state index contributed by atoms with van der Waals surface area (Å²) < 4.78 is 0. The van der Waals surface area contributed by atoms with Crippen molar-refractivity contribution in [1.82, 2.24) is 9.97 Å². The van der Waals surface area contributed by atoms with Crippen LogP contribution in [0, 0.1) is 5.92 Å². The van der Waals surface area contributed by atoms with Gasteiger partial charge in [0.25, 0.3) is 0 Å². The zero-order valence-corrected chi connectivity index (χ0v) is 13.7. The molecule has 0 bridgehead atoms. The monoisotopic (exact) mass is 304 g/mol. The normalized spacial score (nSPS) is 15.7. The Kier molecular flexibility index (Phi) is 4.58. The van der Waals surface area contributed by atoms with Crippen LogP contribution in [0.4, 0.5) is 11.8 Å². The maximum atomic E-state index is 4.67.